The normalized spacial score (nSPS) is 12.2. The molecule has 1 aromatic carbocycles. The predicted octanol–water partition coefficient (Wildman–Crippen LogP) is 2.15. The summed E-state index contributed by atoms with van der Waals surface area (Å²) in [7, 11) is -3.25. The number of sulfonamides is 1. The average Bonchev–Trinajstić information content (AvgIpc) is 2.55. The minimum atomic E-state index is -3.25. The van der Waals surface area contributed by atoms with Crippen molar-refractivity contribution < 1.29 is 12.8 Å². The van der Waals surface area contributed by atoms with Gasteiger partial charge in [-0.15, -0.1) is 0 Å². The molecular weight excluding hydrogens is 357 g/mol. The third-order valence-corrected chi connectivity index (χ3v) is 4.17. The zero-order valence-corrected chi connectivity index (χ0v) is 13.1. The van der Waals surface area contributed by atoms with E-state index < -0.39 is 15.8 Å². The maximum Gasteiger partial charge on any atom is 0.208 e. The van der Waals surface area contributed by atoms with Gasteiger partial charge in [-0.2, -0.15) is 0 Å². The quantitative estimate of drug-likeness (QED) is 0.813. The molecule has 0 saturated carbocycles. The minimum absolute atomic E-state index is 0.192. The zero-order chi connectivity index (χ0) is 14.2. The Kier molecular flexibility index (Phi) is 4.09. The van der Waals surface area contributed by atoms with Gasteiger partial charge in [-0.3, -0.25) is 0 Å². The Labute approximate surface area is 123 Å². The number of hydrogen-bond donors (Lipinski definition) is 2. The second-order valence-corrected chi connectivity index (χ2v) is 7.11. The van der Waals surface area contributed by atoms with Gasteiger partial charge in [0.1, 0.15) is 5.82 Å². The number of imidazole rings is 1. The topological polar surface area (TPSA) is 66.9 Å². The molecule has 1 aromatic heterocycles. The van der Waals surface area contributed by atoms with Gasteiger partial charge >= 0.3 is 0 Å². The van der Waals surface area contributed by atoms with E-state index in [1.54, 1.807) is 10.6 Å². The Morgan fingerprint density at radius 2 is 2.21 bits per heavy atom. The number of nitrogens with zero attached hydrogens (tertiary/aromatic N) is 1. The maximum atomic E-state index is 13.5. The van der Waals surface area contributed by atoms with Gasteiger partial charge in [-0.05, 0) is 34.2 Å². The molecule has 19 heavy (non-hydrogen) atoms. The Balaban J connectivity index is 2.35. The molecular formula is C10H11BrFN3O2S2. The molecule has 0 saturated heterocycles. The summed E-state index contributed by atoms with van der Waals surface area (Å²) in [6.45, 7) is 0.519. The molecule has 9 heteroatoms. The van der Waals surface area contributed by atoms with Crippen LogP contribution in [0.25, 0.3) is 11.0 Å². The number of H-pyrrole nitrogens is 1. The lowest BCUT2D eigenvalue weighted by molar-refractivity contribution is 0.579. The van der Waals surface area contributed by atoms with Gasteiger partial charge in [0.05, 0.1) is 21.8 Å². The highest BCUT2D eigenvalue weighted by Crippen LogP contribution is 2.23. The lowest BCUT2D eigenvalue weighted by Crippen LogP contribution is -2.26. The van der Waals surface area contributed by atoms with Crippen LogP contribution in [-0.2, 0) is 16.6 Å². The molecule has 5 nitrogen and oxygen atoms in total. The summed E-state index contributed by atoms with van der Waals surface area (Å²) in [5.41, 5.74) is 1.29. The van der Waals surface area contributed by atoms with E-state index in [4.69, 9.17) is 12.2 Å². The van der Waals surface area contributed by atoms with Gasteiger partial charge in [-0.1, -0.05) is 0 Å². The van der Waals surface area contributed by atoms with Gasteiger partial charge < -0.3 is 9.55 Å². The van der Waals surface area contributed by atoms with E-state index in [0.29, 0.717) is 26.8 Å². The molecule has 1 heterocycles. The number of fused-ring (bicyclic) bond motifs is 1. The SMILES string of the molecule is CS(=O)(=O)NCCn1c(=S)[nH]c2cc(Br)c(F)cc21. The highest BCUT2D eigenvalue weighted by Gasteiger charge is 2.09. The highest BCUT2D eigenvalue weighted by molar-refractivity contribution is 9.10. The van der Waals surface area contributed by atoms with E-state index in [1.165, 1.54) is 6.07 Å². The van der Waals surface area contributed by atoms with Crippen molar-refractivity contribution in [2.45, 2.75) is 6.54 Å². The molecule has 0 spiro atoms. The van der Waals surface area contributed by atoms with Crippen LogP contribution in [0.2, 0.25) is 0 Å². The van der Waals surface area contributed by atoms with Crippen LogP contribution < -0.4 is 4.72 Å². The van der Waals surface area contributed by atoms with Crippen molar-refractivity contribution in [1.29, 1.82) is 0 Å². The van der Waals surface area contributed by atoms with Crippen LogP contribution in [0.15, 0.2) is 16.6 Å². The Morgan fingerprint density at radius 3 is 2.84 bits per heavy atom. The fraction of sp³-hybridized carbons (Fsp3) is 0.300. The predicted molar refractivity (Wildman–Crippen MR) is 77.6 cm³/mol. The summed E-state index contributed by atoms with van der Waals surface area (Å²) in [5.74, 6) is -0.397. The molecule has 2 rings (SSSR count). The summed E-state index contributed by atoms with van der Waals surface area (Å²) >= 11 is 8.24. The molecule has 2 aromatic rings. The van der Waals surface area contributed by atoms with Crippen LogP contribution in [0, 0.1) is 10.6 Å². The summed E-state index contributed by atoms with van der Waals surface area (Å²) < 4.78 is 40.3. The maximum absolute atomic E-state index is 13.5. The third kappa shape index (κ3) is 3.41. The van der Waals surface area contributed by atoms with Crippen molar-refractivity contribution in [3.05, 3.63) is 27.2 Å². The molecule has 104 valence electrons. The molecule has 0 aliphatic carbocycles. The molecule has 0 atom stereocenters. The van der Waals surface area contributed by atoms with E-state index in [-0.39, 0.29) is 6.54 Å². The fourth-order valence-corrected chi connectivity index (χ4v) is 2.82. The smallest absolute Gasteiger partial charge is 0.208 e. The highest BCUT2D eigenvalue weighted by atomic mass is 79.9. The second-order valence-electron chi connectivity index (χ2n) is 4.03. The van der Waals surface area contributed by atoms with E-state index in [2.05, 4.69) is 25.6 Å². The summed E-state index contributed by atoms with van der Waals surface area (Å²) in [5, 5.41) is 0. The number of aromatic amines is 1. The standard InChI is InChI=1S/C10H11BrFN3O2S2/c1-19(16,17)13-2-3-15-9-5-7(12)6(11)4-8(9)14-10(15)18/h4-5,13H,2-3H2,1H3,(H,14,18). The number of rotatable bonds is 4. The van der Waals surface area contributed by atoms with Crippen molar-refractivity contribution in [1.82, 2.24) is 14.3 Å². The van der Waals surface area contributed by atoms with E-state index >= 15 is 0 Å². The summed E-state index contributed by atoms with van der Waals surface area (Å²) in [6, 6.07) is 2.95. The van der Waals surface area contributed by atoms with Crippen molar-refractivity contribution >= 4 is 49.2 Å². The summed E-state index contributed by atoms with van der Waals surface area (Å²) in [6.07, 6.45) is 1.08. The first-order chi connectivity index (χ1) is 8.78. The molecule has 0 unspecified atom stereocenters. The van der Waals surface area contributed by atoms with Gasteiger partial charge in [0.2, 0.25) is 10.0 Å². The minimum Gasteiger partial charge on any atom is -0.331 e. The van der Waals surface area contributed by atoms with Gasteiger partial charge in [0.15, 0.2) is 4.77 Å². The first-order valence-electron chi connectivity index (χ1n) is 5.30. The third-order valence-electron chi connectivity index (χ3n) is 2.52. The van der Waals surface area contributed by atoms with Gasteiger partial charge in [0, 0.05) is 19.2 Å². The molecule has 0 bridgehead atoms. The van der Waals surface area contributed by atoms with Gasteiger partial charge in [-0.25, -0.2) is 17.5 Å². The number of benzene rings is 1. The number of aromatic nitrogens is 2. The molecule has 2 N–H and O–H groups in total. The zero-order valence-electron chi connectivity index (χ0n) is 9.91. The van der Waals surface area contributed by atoms with Gasteiger partial charge in [0.25, 0.3) is 0 Å². The van der Waals surface area contributed by atoms with E-state index in [1.807, 2.05) is 0 Å². The van der Waals surface area contributed by atoms with E-state index in [9.17, 15) is 12.8 Å². The number of nitrogens with one attached hydrogen (secondary N) is 2. The van der Waals surface area contributed by atoms with Crippen molar-refractivity contribution in [3.63, 3.8) is 0 Å². The average molecular weight is 368 g/mol. The van der Waals surface area contributed by atoms with Crippen LogP contribution in [-0.4, -0.2) is 30.8 Å². The van der Waals surface area contributed by atoms with E-state index in [0.717, 1.165) is 6.26 Å². The summed E-state index contributed by atoms with van der Waals surface area (Å²) in [4.78, 5) is 2.95. The second kappa shape index (κ2) is 5.31. The molecule has 0 radical (unpaired) electrons. The van der Waals surface area contributed by atoms with Crippen LogP contribution in [0.3, 0.4) is 0 Å². The van der Waals surface area contributed by atoms with Crippen LogP contribution >= 0.6 is 28.1 Å². The van der Waals surface area contributed by atoms with Crippen LogP contribution in [0.4, 0.5) is 4.39 Å². The Hall–Kier alpha value is -0.770. The lowest BCUT2D eigenvalue weighted by Gasteiger charge is -2.05. The number of halogens is 2. The first-order valence-corrected chi connectivity index (χ1v) is 8.39. The lowest BCUT2D eigenvalue weighted by atomic mass is 10.3. The van der Waals surface area contributed by atoms with Crippen LogP contribution in [0.5, 0.6) is 0 Å². The van der Waals surface area contributed by atoms with Crippen molar-refractivity contribution in [2.24, 2.45) is 0 Å². The monoisotopic (exact) mass is 367 g/mol. The first kappa shape index (κ1) is 14.6. The van der Waals surface area contributed by atoms with Crippen LogP contribution in [0.1, 0.15) is 0 Å². The molecule has 0 aliphatic heterocycles. The molecule has 0 amide bonds. The van der Waals surface area contributed by atoms with Crippen molar-refractivity contribution in [2.75, 3.05) is 12.8 Å². The fourth-order valence-electron chi connectivity index (χ4n) is 1.72. The Morgan fingerprint density at radius 1 is 1.53 bits per heavy atom. The Bertz CT molecular complexity index is 782. The molecule has 0 aliphatic rings. The number of hydrogen-bond acceptors (Lipinski definition) is 3. The van der Waals surface area contributed by atoms with Crippen molar-refractivity contribution in [3.8, 4) is 0 Å². The molecule has 0 fully saturated rings. The largest absolute Gasteiger partial charge is 0.331 e.